The van der Waals surface area contributed by atoms with Gasteiger partial charge in [-0.2, -0.15) is 5.26 Å². The third-order valence-corrected chi connectivity index (χ3v) is 6.35. The monoisotopic (exact) mass is 460 g/mol. The van der Waals surface area contributed by atoms with Crippen molar-refractivity contribution in [1.29, 1.82) is 5.26 Å². The van der Waals surface area contributed by atoms with Crippen molar-refractivity contribution in [2.24, 2.45) is 5.92 Å². The van der Waals surface area contributed by atoms with E-state index < -0.39 is 0 Å². The fourth-order valence-electron chi connectivity index (χ4n) is 4.59. The lowest BCUT2D eigenvalue weighted by molar-refractivity contribution is 0.0736. The number of halogens is 1. The third-order valence-electron chi connectivity index (χ3n) is 6.10. The highest BCUT2D eigenvalue weighted by Crippen LogP contribution is 2.32. The molecular weight excluding hydrogens is 432 g/mol. The molecule has 1 aliphatic heterocycles. The van der Waals surface area contributed by atoms with Crippen LogP contribution in [0.4, 0.5) is 5.69 Å². The summed E-state index contributed by atoms with van der Waals surface area (Å²) in [6.45, 7) is 9.80. The van der Waals surface area contributed by atoms with Crippen molar-refractivity contribution in [2.45, 2.75) is 27.3 Å². The lowest BCUT2D eigenvalue weighted by Crippen LogP contribution is -2.49. The summed E-state index contributed by atoms with van der Waals surface area (Å²) in [7, 11) is 0. The SMILES string of the molecule is Cc1cn(CC(C)C)c(C(=O)N2CCN(c3ccccc3C#N)CC2)c1-c1ccc(Cl)cc1. The van der Waals surface area contributed by atoms with Gasteiger partial charge in [-0.3, -0.25) is 4.79 Å². The average Bonchev–Trinajstić information content (AvgIpc) is 3.14. The second-order valence-corrected chi connectivity index (χ2v) is 9.43. The van der Waals surface area contributed by atoms with Gasteiger partial charge in [-0.1, -0.05) is 49.7 Å². The number of carbonyl (C=O) groups excluding carboxylic acids is 1. The second kappa shape index (κ2) is 9.72. The fraction of sp³-hybridized carbons (Fsp3) is 0.333. The maximum atomic E-state index is 13.9. The van der Waals surface area contributed by atoms with E-state index in [9.17, 15) is 10.1 Å². The number of aromatic nitrogens is 1. The zero-order chi connectivity index (χ0) is 23.5. The van der Waals surface area contributed by atoms with Gasteiger partial charge in [0.05, 0.1) is 11.3 Å². The Labute approximate surface area is 200 Å². The number of aryl methyl sites for hydroxylation is 1. The highest BCUT2D eigenvalue weighted by atomic mass is 35.5. The summed E-state index contributed by atoms with van der Waals surface area (Å²) in [4.78, 5) is 18.0. The van der Waals surface area contributed by atoms with Gasteiger partial charge in [-0.05, 0) is 48.2 Å². The normalized spacial score (nSPS) is 13.9. The molecule has 0 spiro atoms. The number of para-hydroxylation sites is 1. The first kappa shape index (κ1) is 22.9. The van der Waals surface area contributed by atoms with Crippen molar-refractivity contribution in [1.82, 2.24) is 9.47 Å². The molecule has 2 heterocycles. The molecule has 0 N–H and O–H groups in total. The number of hydrogen-bond acceptors (Lipinski definition) is 3. The molecule has 1 fully saturated rings. The quantitative estimate of drug-likeness (QED) is 0.497. The van der Waals surface area contributed by atoms with Gasteiger partial charge in [0.1, 0.15) is 11.8 Å². The number of rotatable bonds is 5. The van der Waals surface area contributed by atoms with Crippen LogP contribution in [0.15, 0.2) is 54.7 Å². The zero-order valence-corrected chi connectivity index (χ0v) is 20.1. The molecule has 1 saturated heterocycles. The molecule has 4 rings (SSSR count). The molecule has 5 nitrogen and oxygen atoms in total. The van der Waals surface area contributed by atoms with Crippen LogP contribution in [-0.2, 0) is 6.54 Å². The van der Waals surface area contributed by atoms with E-state index in [1.165, 1.54) is 0 Å². The number of nitriles is 1. The van der Waals surface area contributed by atoms with E-state index in [0.717, 1.165) is 34.6 Å². The van der Waals surface area contributed by atoms with Gasteiger partial charge in [0.25, 0.3) is 5.91 Å². The number of anilines is 1. The molecule has 0 bridgehead atoms. The smallest absolute Gasteiger partial charge is 0.271 e. The largest absolute Gasteiger partial charge is 0.367 e. The standard InChI is InChI=1S/C27H29ClN4O/c1-19(2)17-32-18-20(3)25(21-8-10-23(28)11-9-21)26(32)27(33)31-14-12-30(13-15-31)24-7-5-4-6-22(24)16-29/h4-11,18-19H,12-15,17H2,1-3H3. The second-order valence-electron chi connectivity index (χ2n) is 9.00. The van der Waals surface area contributed by atoms with E-state index in [1.54, 1.807) is 0 Å². The van der Waals surface area contributed by atoms with Gasteiger partial charge in [-0.15, -0.1) is 0 Å². The molecule has 170 valence electrons. The summed E-state index contributed by atoms with van der Waals surface area (Å²) in [6, 6.07) is 17.6. The summed E-state index contributed by atoms with van der Waals surface area (Å²) >= 11 is 6.12. The maximum absolute atomic E-state index is 13.9. The number of piperazine rings is 1. The lowest BCUT2D eigenvalue weighted by atomic mass is 10.0. The topological polar surface area (TPSA) is 52.3 Å². The minimum atomic E-state index is 0.0573. The highest BCUT2D eigenvalue weighted by molar-refractivity contribution is 6.30. The van der Waals surface area contributed by atoms with Gasteiger partial charge in [0.2, 0.25) is 0 Å². The van der Waals surface area contributed by atoms with Crippen molar-refractivity contribution in [3.05, 3.63) is 76.6 Å². The molecule has 0 atom stereocenters. The minimum Gasteiger partial charge on any atom is -0.367 e. The van der Waals surface area contributed by atoms with E-state index in [1.807, 2.05) is 53.4 Å². The van der Waals surface area contributed by atoms with Crippen LogP contribution in [0.2, 0.25) is 5.02 Å². The number of carbonyl (C=O) groups is 1. The van der Waals surface area contributed by atoms with E-state index in [2.05, 4.69) is 42.5 Å². The first-order valence-electron chi connectivity index (χ1n) is 11.4. The Hall–Kier alpha value is -3.23. The third kappa shape index (κ3) is 4.77. The van der Waals surface area contributed by atoms with Crippen molar-refractivity contribution >= 4 is 23.2 Å². The Balaban J connectivity index is 1.63. The number of nitrogens with zero attached hydrogens (tertiary/aromatic N) is 4. The van der Waals surface area contributed by atoms with Crippen LogP contribution in [0.25, 0.3) is 11.1 Å². The first-order valence-corrected chi connectivity index (χ1v) is 11.8. The van der Waals surface area contributed by atoms with Crippen molar-refractivity contribution in [3.8, 4) is 17.2 Å². The van der Waals surface area contributed by atoms with Gasteiger partial charge >= 0.3 is 0 Å². The van der Waals surface area contributed by atoms with Crippen LogP contribution in [-0.4, -0.2) is 41.6 Å². The number of benzene rings is 2. The molecule has 33 heavy (non-hydrogen) atoms. The molecule has 1 aliphatic rings. The Kier molecular flexibility index (Phi) is 6.76. The van der Waals surface area contributed by atoms with Crippen molar-refractivity contribution in [2.75, 3.05) is 31.1 Å². The molecule has 0 radical (unpaired) electrons. The van der Waals surface area contributed by atoms with Gasteiger partial charge in [0.15, 0.2) is 0 Å². The van der Waals surface area contributed by atoms with Gasteiger partial charge < -0.3 is 14.4 Å². The Morgan fingerprint density at radius 3 is 2.36 bits per heavy atom. The van der Waals surface area contributed by atoms with E-state index in [0.29, 0.717) is 42.7 Å². The molecule has 0 unspecified atom stereocenters. The van der Waals surface area contributed by atoms with Crippen LogP contribution in [0.3, 0.4) is 0 Å². The Bertz CT molecular complexity index is 1180. The van der Waals surface area contributed by atoms with Crippen molar-refractivity contribution in [3.63, 3.8) is 0 Å². The van der Waals surface area contributed by atoms with E-state index in [-0.39, 0.29) is 5.91 Å². The van der Waals surface area contributed by atoms with Crippen molar-refractivity contribution < 1.29 is 4.79 Å². The molecule has 0 saturated carbocycles. The lowest BCUT2D eigenvalue weighted by Gasteiger charge is -2.36. The van der Waals surface area contributed by atoms with Crippen LogP contribution >= 0.6 is 11.6 Å². The summed E-state index contributed by atoms with van der Waals surface area (Å²) < 4.78 is 2.11. The maximum Gasteiger partial charge on any atom is 0.271 e. The average molecular weight is 461 g/mol. The van der Waals surface area contributed by atoms with Crippen LogP contribution < -0.4 is 4.90 Å². The molecule has 6 heteroatoms. The van der Waals surface area contributed by atoms with Gasteiger partial charge in [-0.25, -0.2) is 0 Å². The zero-order valence-electron chi connectivity index (χ0n) is 19.4. The van der Waals surface area contributed by atoms with E-state index >= 15 is 0 Å². The molecule has 2 aromatic carbocycles. The molecule has 3 aromatic rings. The minimum absolute atomic E-state index is 0.0573. The Morgan fingerprint density at radius 1 is 1.06 bits per heavy atom. The Morgan fingerprint density at radius 2 is 1.73 bits per heavy atom. The van der Waals surface area contributed by atoms with Crippen LogP contribution in [0.5, 0.6) is 0 Å². The highest BCUT2D eigenvalue weighted by Gasteiger charge is 2.29. The molecule has 1 amide bonds. The fourth-order valence-corrected chi connectivity index (χ4v) is 4.71. The summed E-state index contributed by atoms with van der Waals surface area (Å²) in [5, 5.41) is 10.1. The number of hydrogen-bond donors (Lipinski definition) is 0. The molecule has 0 aliphatic carbocycles. The van der Waals surface area contributed by atoms with Crippen LogP contribution in [0.1, 0.15) is 35.5 Å². The predicted molar refractivity (Wildman–Crippen MR) is 134 cm³/mol. The molecule has 1 aromatic heterocycles. The van der Waals surface area contributed by atoms with E-state index in [4.69, 9.17) is 11.6 Å². The first-order chi connectivity index (χ1) is 15.9. The predicted octanol–water partition coefficient (Wildman–Crippen LogP) is 5.61. The number of amides is 1. The summed E-state index contributed by atoms with van der Waals surface area (Å²) in [5.74, 6) is 0.475. The summed E-state index contributed by atoms with van der Waals surface area (Å²) in [6.07, 6.45) is 2.09. The molecular formula is C27H29ClN4O. The summed E-state index contributed by atoms with van der Waals surface area (Å²) in [5.41, 5.74) is 5.42. The van der Waals surface area contributed by atoms with Crippen LogP contribution in [0, 0.1) is 24.2 Å². The van der Waals surface area contributed by atoms with Gasteiger partial charge in [0, 0.05) is 49.5 Å².